The van der Waals surface area contributed by atoms with E-state index >= 15 is 0 Å². The zero-order chi connectivity index (χ0) is 22.0. The van der Waals surface area contributed by atoms with Crippen molar-refractivity contribution in [2.24, 2.45) is 0 Å². The average Bonchev–Trinajstić information content (AvgIpc) is 2.69. The van der Waals surface area contributed by atoms with E-state index in [2.05, 4.69) is 0 Å². The predicted molar refractivity (Wildman–Crippen MR) is 93.1 cm³/mol. The molecular weight excluding hydrogens is 392 g/mol. The molecule has 11 heteroatoms. The lowest BCUT2D eigenvalue weighted by molar-refractivity contribution is -0.273. The first kappa shape index (κ1) is 24.1. The molecule has 1 saturated heterocycles. The Balaban J connectivity index is 3.13. The topological polar surface area (TPSA) is 152 Å². The van der Waals surface area contributed by atoms with Gasteiger partial charge >= 0.3 is 29.8 Å². The molecule has 1 heterocycles. The van der Waals surface area contributed by atoms with Gasteiger partial charge in [0.15, 0.2) is 12.2 Å². The van der Waals surface area contributed by atoms with Gasteiger partial charge in [-0.1, -0.05) is 20.8 Å². The first-order valence-corrected chi connectivity index (χ1v) is 9.03. The number of esters is 4. The van der Waals surface area contributed by atoms with Crippen LogP contribution in [0.15, 0.2) is 12.2 Å². The fourth-order valence-electron chi connectivity index (χ4n) is 2.23. The average molecular weight is 416 g/mol. The molecule has 0 spiro atoms. The minimum absolute atomic E-state index is 0.00789. The van der Waals surface area contributed by atoms with Crippen molar-refractivity contribution in [1.29, 1.82) is 0 Å². The maximum absolute atomic E-state index is 11.9. The second-order valence-electron chi connectivity index (χ2n) is 5.81. The number of carbonyl (C=O) groups is 5. The zero-order valence-electron chi connectivity index (χ0n) is 16.3. The standard InChI is InChI=1S/C18H24O11/c1-4-12(21)26-10-9-25-18(29-15(24)8-7-11(19)20)17(28-14(23)6-3)16(10)27-13(22)5-2/h7-8,10,16-18H,4-6,9H2,1-3H3,(H,19,20)/b8-7+/t10-,16+,17-,18+/m1/s1. The molecule has 11 nitrogen and oxygen atoms in total. The highest BCUT2D eigenvalue weighted by atomic mass is 16.7. The lowest BCUT2D eigenvalue weighted by atomic mass is 10.0. The van der Waals surface area contributed by atoms with Crippen molar-refractivity contribution in [3.8, 4) is 0 Å². The van der Waals surface area contributed by atoms with E-state index in [0.29, 0.717) is 12.2 Å². The Morgan fingerprint density at radius 2 is 1.34 bits per heavy atom. The van der Waals surface area contributed by atoms with E-state index in [4.69, 9.17) is 28.8 Å². The van der Waals surface area contributed by atoms with Crippen molar-refractivity contribution in [3.63, 3.8) is 0 Å². The summed E-state index contributed by atoms with van der Waals surface area (Å²) in [5.74, 6) is -4.43. The Morgan fingerprint density at radius 1 is 0.828 bits per heavy atom. The van der Waals surface area contributed by atoms with Gasteiger partial charge in [-0.3, -0.25) is 14.4 Å². The van der Waals surface area contributed by atoms with Crippen molar-refractivity contribution >= 4 is 29.8 Å². The van der Waals surface area contributed by atoms with E-state index in [-0.39, 0.29) is 25.9 Å². The summed E-state index contributed by atoms with van der Waals surface area (Å²) in [4.78, 5) is 57.8. The Hall–Kier alpha value is -2.95. The Morgan fingerprint density at radius 3 is 1.86 bits per heavy atom. The lowest BCUT2D eigenvalue weighted by Crippen LogP contribution is -2.58. The van der Waals surface area contributed by atoms with E-state index in [9.17, 15) is 24.0 Å². The minimum atomic E-state index is -1.51. The first-order valence-electron chi connectivity index (χ1n) is 9.03. The van der Waals surface area contributed by atoms with Gasteiger partial charge in [0, 0.05) is 31.4 Å². The van der Waals surface area contributed by atoms with Gasteiger partial charge in [-0.15, -0.1) is 0 Å². The highest BCUT2D eigenvalue weighted by Crippen LogP contribution is 2.26. The van der Waals surface area contributed by atoms with Crippen LogP contribution in [0.1, 0.15) is 40.0 Å². The van der Waals surface area contributed by atoms with Crippen LogP contribution >= 0.6 is 0 Å². The number of hydrogen-bond donors (Lipinski definition) is 1. The van der Waals surface area contributed by atoms with E-state index in [1.165, 1.54) is 13.8 Å². The molecule has 0 bridgehead atoms. The summed E-state index contributed by atoms with van der Waals surface area (Å²) >= 11 is 0. The summed E-state index contributed by atoms with van der Waals surface area (Å²) in [5, 5.41) is 8.58. The second kappa shape index (κ2) is 11.8. The van der Waals surface area contributed by atoms with Crippen LogP contribution in [0.5, 0.6) is 0 Å². The fraction of sp³-hybridized carbons (Fsp3) is 0.611. The third-order valence-electron chi connectivity index (χ3n) is 3.66. The molecule has 0 aliphatic carbocycles. The molecule has 1 fully saturated rings. The van der Waals surface area contributed by atoms with Gasteiger partial charge in [-0.05, 0) is 0 Å². The molecule has 29 heavy (non-hydrogen) atoms. The van der Waals surface area contributed by atoms with E-state index in [1.54, 1.807) is 6.92 Å². The number of carboxylic acid groups (broad SMARTS) is 1. The number of aliphatic carboxylic acids is 1. The van der Waals surface area contributed by atoms with Crippen LogP contribution in [0.3, 0.4) is 0 Å². The minimum Gasteiger partial charge on any atom is -0.478 e. The van der Waals surface area contributed by atoms with Crippen LogP contribution in [0.2, 0.25) is 0 Å². The van der Waals surface area contributed by atoms with Crippen LogP contribution in [0.4, 0.5) is 0 Å². The van der Waals surface area contributed by atoms with Gasteiger partial charge in [-0.25, -0.2) is 9.59 Å². The van der Waals surface area contributed by atoms with Crippen LogP contribution in [0.25, 0.3) is 0 Å². The van der Waals surface area contributed by atoms with Crippen LogP contribution in [-0.2, 0) is 47.7 Å². The molecule has 4 atom stereocenters. The summed E-state index contributed by atoms with van der Waals surface area (Å²) in [6.07, 6.45) is -4.13. The fourth-order valence-corrected chi connectivity index (χ4v) is 2.23. The molecule has 1 aliphatic rings. The Kier molecular flexibility index (Phi) is 9.80. The Labute approximate surface area is 166 Å². The van der Waals surface area contributed by atoms with Crippen LogP contribution in [-0.4, -0.2) is 66.2 Å². The monoisotopic (exact) mass is 416 g/mol. The summed E-state index contributed by atoms with van der Waals surface area (Å²) in [7, 11) is 0. The lowest BCUT2D eigenvalue weighted by Gasteiger charge is -2.39. The van der Waals surface area contributed by atoms with E-state index < -0.39 is 54.4 Å². The third-order valence-corrected chi connectivity index (χ3v) is 3.66. The quantitative estimate of drug-likeness (QED) is 0.317. The van der Waals surface area contributed by atoms with Gasteiger partial charge in [0.25, 0.3) is 0 Å². The Bertz CT molecular complexity index is 654. The van der Waals surface area contributed by atoms with Gasteiger partial charge in [0.05, 0.1) is 6.61 Å². The highest BCUT2D eigenvalue weighted by molar-refractivity contribution is 5.90. The number of ether oxygens (including phenoxy) is 5. The predicted octanol–water partition coefficient (Wildman–Crippen LogP) is 0.492. The maximum atomic E-state index is 11.9. The molecule has 162 valence electrons. The smallest absolute Gasteiger partial charge is 0.333 e. The van der Waals surface area contributed by atoms with E-state index in [1.807, 2.05) is 0 Å². The molecule has 0 aromatic heterocycles. The van der Waals surface area contributed by atoms with Gasteiger partial charge in [0.2, 0.25) is 12.4 Å². The summed E-state index contributed by atoms with van der Waals surface area (Å²) in [6.45, 7) is 4.31. The van der Waals surface area contributed by atoms with Gasteiger partial charge < -0.3 is 28.8 Å². The number of carboxylic acids is 1. The van der Waals surface area contributed by atoms with Crippen molar-refractivity contribution in [1.82, 2.24) is 0 Å². The summed E-state index contributed by atoms with van der Waals surface area (Å²) < 4.78 is 26.1. The number of carbonyl (C=O) groups excluding carboxylic acids is 4. The molecule has 1 N–H and O–H groups in total. The normalized spacial score (nSPS) is 23.8. The zero-order valence-corrected chi connectivity index (χ0v) is 16.3. The van der Waals surface area contributed by atoms with Gasteiger partial charge in [0.1, 0.15) is 0 Å². The highest BCUT2D eigenvalue weighted by Gasteiger charge is 2.49. The molecule has 1 aliphatic heterocycles. The van der Waals surface area contributed by atoms with Gasteiger partial charge in [-0.2, -0.15) is 0 Å². The summed E-state index contributed by atoms with van der Waals surface area (Å²) in [6, 6.07) is 0. The molecule has 0 aromatic carbocycles. The molecule has 0 aromatic rings. The second-order valence-corrected chi connectivity index (χ2v) is 5.81. The van der Waals surface area contributed by atoms with Crippen LogP contribution in [0, 0.1) is 0 Å². The largest absolute Gasteiger partial charge is 0.478 e. The third kappa shape index (κ3) is 7.90. The SMILES string of the molecule is CCC(=O)O[C@@H]1[C@@H](OC(=O)CC)[C@H](OC(=O)/C=C/C(=O)O)OC[C@H]1OC(=O)CC. The first-order chi connectivity index (χ1) is 13.7. The molecule has 1 rings (SSSR count). The van der Waals surface area contributed by atoms with E-state index in [0.717, 1.165) is 0 Å². The molecular formula is C18H24O11. The van der Waals surface area contributed by atoms with Crippen molar-refractivity contribution < 1.29 is 52.8 Å². The summed E-state index contributed by atoms with van der Waals surface area (Å²) in [5.41, 5.74) is 0. The maximum Gasteiger partial charge on any atom is 0.333 e. The van der Waals surface area contributed by atoms with Crippen molar-refractivity contribution in [2.75, 3.05) is 6.61 Å². The number of rotatable bonds is 9. The molecule has 0 saturated carbocycles. The molecule has 0 unspecified atom stereocenters. The van der Waals surface area contributed by atoms with Crippen molar-refractivity contribution in [2.45, 2.75) is 64.6 Å². The van der Waals surface area contributed by atoms with Crippen molar-refractivity contribution in [3.05, 3.63) is 12.2 Å². The number of hydrogen-bond acceptors (Lipinski definition) is 10. The molecule has 0 radical (unpaired) electrons. The molecule has 0 amide bonds. The van der Waals surface area contributed by atoms with Crippen LogP contribution < -0.4 is 0 Å².